The highest BCUT2D eigenvalue weighted by molar-refractivity contribution is 7.77. The fourth-order valence-corrected chi connectivity index (χ4v) is 6.07. The molecule has 0 spiro atoms. The zero-order valence-electron chi connectivity index (χ0n) is 8.47. The number of nitrogens with zero attached hydrogens (tertiary/aromatic N) is 1. The summed E-state index contributed by atoms with van der Waals surface area (Å²) in [5.41, 5.74) is 1.88. The van der Waals surface area contributed by atoms with Gasteiger partial charge in [-0.05, 0) is 5.56 Å². The van der Waals surface area contributed by atoms with E-state index in [9.17, 15) is 5.26 Å². The van der Waals surface area contributed by atoms with Gasteiger partial charge in [0.15, 0.2) is 0 Å². The number of benzene rings is 1. The molecule has 0 unspecified atom stereocenters. The lowest BCUT2D eigenvalue weighted by Gasteiger charge is -1.96. The second-order valence-corrected chi connectivity index (χ2v) is 7.86. The maximum Gasteiger partial charge on any atom is 0.145 e. The van der Waals surface area contributed by atoms with Gasteiger partial charge in [0.05, 0.1) is 15.1 Å². The van der Waals surface area contributed by atoms with Gasteiger partial charge in [-0.3, -0.25) is 0 Å². The summed E-state index contributed by atoms with van der Waals surface area (Å²) in [6.07, 6.45) is 0. The van der Waals surface area contributed by atoms with Gasteiger partial charge in [-0.2, -0.15) is 5.26 Å². The van der Waals surface area contributed by atoms with Crippen molar-refractivity contribution in [2.75, 3.05) is 0 Å². The van der Waals surface area contributed by atoms with Crippen molar-refractivity contribution in [2.24, 2.45) is 0 Å². The molecule has 0 aliphatic rings. The second-order valence-electron chi connectivity index (χ2n) is 3.35. The Labute approximate surface area is 115 Å². The Morgan fingerprint density at radius 2 is 1.82 bits per heavy atom. The van der Waals surface area contributed by atoms with Crippen LogP contribution in [-0.2, 0) is 0 Å². The highest BCUT2D eigenvalue weighted by Gasteiger charge is 2.15. The highest BCUT2D eigenvalue weighted by Crippen LogP contribution is 2.43. The SMILES string of the molecule is N#Cc1c(-c2ccccc2)sc2sc(=S)sc12. The largest absolute Gasteiger partial charge is 0.192 e. The standard InChI is InChI=1S/C12H5NS4/c13-6-8-9(7-4-2-1-3-5-7)15-11-10(8)16-12(14)17-11/h1-5H. The number of fused-ring (bicyclic) bond motifs is 1. The molecule has 3 rings (SSSR count). The molecule has 0 saturated heterocycles. The number of nitriles is 1. The molecule has 0 bridgehead atoms. The van der Waals surface area contributed by atoms with Gasteiger partial charge in [-0.1, -0.05) is 42.5 Å². The Kier molecular flexibility index (Phi) is 2.81. The Hall–Kier alpha value is -1.06. The second kappa shape index (κ2) is 4.31. The van der Waals surface area contributed by atoms with Gasteiger partial charge < -0.3 is 0 Å². The highest BCUT2D eigenvalue weighted by atomic mass is 32.2. The lowest BCUT2D eigenvalue weighted by molar-refractivity contribution is 1.52. The van der Waals surface area contributed by atoms with Crippen LogP contribution in [0.25, 0.3) is 19.2 Å². The molecule has 17 heavy (non-hydrogen) atoms. The van der Waals surface area contributed by atoms with Crippen LogP contribution in [0.5, 0.6) is 0 Å². The molecule has 0 saturated carbocycles. The van der Waals surface area contributed by atoms with Crippen molar-refractivity contribution in [3.05, 3.63) is 39.0 Å². The summed E-state index contributed by atoms with van der Waals surface area (Å²) in [6.45, 7) is 0. The van der Waals surface area contributed by atoms with E-state index in [1.54, 1.807) is 34.0 Å². The van der Waals surface area contributed by atoms with Crippen molar-refractivity contribution in [3.63, 3.8) is 0 Å². The van der Waals surface area contributed by atoms with E-state index in [2.05, 4.69) is 6.07 Å². The van der Waals surface area contributed by atoms with Crippen molar-refractivity contribution in [1.29, 1.82) is 5.26 Å². The molecule has 0 radical (unpaired) electrons. The molecular weight excluding hydrogens is 286 g/mol. The number of hydrogen-bond donors (Lipinski definition) is 0. The maximum atomic E-state index is 9.31. The number of hydrogen-bond acceptors (Lipinski definition) is 5. The Balaban J connectivity index is 2.35. The molecule has 0 fully saturated rings. The summed E-state index contributed by atoms with van der Waals surface area (Å²) < 4.78 is 3.10. The summed E-state index contributed by atoms with van der Waals surface area (Å²) >= 11 is 9.97. The van der Waals surface area contributed by atoms with E-state index in [1.165, 1.54) is 0 Å². The van der Waals surface area contributed by atoms with Crippen LogP contribution in [0.2, 0.25) is 0 Å². The summed E-state index contributed by atoms with van der Waals surface area (Å²) in [5.74, 6) is 0. The molecule has 2 aromatic heterocycles. The smallest absolute Gasteiger partial charge is 0.145 e. The lowest BCUT2D eigenvalue weighted by Crippen LogP contribution is -1.75. The first-order valence-electron chi connectivity index (χ1n) is 4.81. The predicted molar refractivity (Wildman–Crippen MR) is 78.6 cm³/mol. The van der Waals surface area contributed by atoms with Crippen LogP contribution < -0.4 is 0 Å². The Morgan fingerprint density at radius 1 is 1.06 bits per heavy atom. The van der Waals surface area contributed by atoms with E-state index in [0.29, 0.717) is 0 Å². The molecule has 3 aromatic rings. The van der Waals surface area contributed by atoms with Crippen LogP contribution in [-0.4, -0.2) is 0 Å². The summed E-state index contributed by atoms with van der Waals surface area (Å²) in [6, 6.07) is 12.4. The Morgan fingerprint density at radius 3 is 2.53 bits per heavy atom. The molecule has 0 atom stereocenters. The van der Waals surface area contributed by atoms with Crippen LogP contribution in [0.1, 0.15) is 5.56 Å². The molecule has 0 aliphatic heterocycles. The van der Waals surface area contributed by atoms with Crippen molar-refractivity contribution in [1.82, 2.24) is 0 Å². The number of rotatable bonds is 1. The summed E-state index contributed by atoms with van der Waals surface area (Å²) in [4.78, 5) is 1.06. The minimum Gasteiger partial charge on any atom is -0.192 e. The first-order chi connectivity index (χ1) is 8.29. The molecule has 2 heterocycles. The van der Waals surface area contributed by atoms with Crippen molar-refractivity contribution in [3.8, 4) is 16.5 Å². The van der Waals surface area contributed by atoms with Gasteiger partial charge in [0.2, 0.25) is 0 Å². The van der Waals surface area contributed by atoms with E-state index >= 15 is 0 Å². The van der Waals surface area contributed by atoms with Gasteiger partial charge in [-0.25, -0.2) is 0 Å². The quantitative estimate of drug-likeness (QED) is 0.569. The zero-order chi connectivity index (χ0) is 11.8. The molecule has 0 amide bonds. The van der Waals surface area contributed by atoms with Crippen LogP contribution in [0.4, 0.5) is 0 Å². The van der Waals surface area contributed by atoms with Gasteiger partial charge in [0, 0.05) is 0 Å². The van der Waals surface area contributed by atoms with E-state index in [4.69, 9.17) is 12.2 Å². The fraction of sp³-hybridized carbons (Fsp3) is 0. The summed E-state index contributed by atoms with van der Waals surface area (Å²) in [5, 5.41) is 9.31. The van der Waals surface area contributed by atoms with E-state index in [1.807, 2.05) is 30.3 Å². The molecule has 1 nitrogen and oxygen atoms in total. The van der Waals surface area contributed by atoms with Crippen molar-refractivity contribution >= 4 is 54.9 Å². The summed E-state index contributed by atoms with van der Waals surface area (Å²) in [7, 11) is 0. The third-order valence-corrected chi connectivity index (χ3v) is 6.47. The van der Waals surface area contributed by atoms with E-state index in [0.717, 1.165) is 27.9 Å². The van der Waals surface area contributed by atoms with Gasteiger partial charge in [0.25, 0.3) is 0 Å². The molecule has 82 valence electrons. The van der Waals surface area contributed by atoms with Crippen molar-refractivity contribution < 1.29 is 0 Å². The average Bonchev–Trinajstić information content (AvgIpc) is 2.85. The van der Waals surface area contributed by atoms with Crippen molar-refractivity contribution in [2.45, 2.75) is 0 Å². The first-order valence-corrected chi connectivity index (χ1v) is 7.67. The molecule has 0 aliphatic carbocycles. The monoisotopic (exact) mass is 291 g/mol. The minimum absolute atomic E-state index is 0.772. The Bertz CT molecular complexity index is 770. The van der Waals surface area contributed by atoms with Crippen LogP contribution in [0.15, 0.2) is 30.3 Å². The average molecular weight is 291 g/mol. The number of thiophene rings is 1. The molecule has 1 aromatic carbocycles. The van der Waals surface area contributed by atoms with E-state index < -0.39 is 0 Å². The fourth-order valence-electron chi connectivity index (χ4n) is 1.63. The van der Waals surface area contributed by atoms with Gasteiger partial charge >= 0.3 is 0 Å². The van der Waals surface area contributed by atoms with Gasteiger partial charge in [0.1, 0.15) is 13.2 Å². The third-order valence-electron chi connectivity index (χ3n) is 2.34. The minimum atomic E-state index is 0.772. The van der Waals surface area contributed by atoms with Crippen LogP contribution in [0.3, 0.4) is 0 Å². The first kappa shape index (κ1) is 11.1. The topological polar surface area (TPSA) is 23.8 Å². The normalized spacial score (nSPS) is 10.5. The molecule has 5 heteroatoms. The molecule has 0 N–H and O–H groups in total. The predicted octanol–water partition coefficient (Wildman–Crippen LogP) is 5.29. The molecular formula is C12H5NS4. The maximum absolute atomic E-state index is 9.31. The van der Waals surface area contributed by atoms with Gasteiger partial charge in [-0.15, -0.1) is 34.0 Å². The zero-order valence-corrected chi connectivity index (χ0v) is 11.7. The van der Waals surface area contributed by atoms with E-state index in [-0.39, 0.29) is 0 Å². The van der Waals surface area contributed by atoms with Crippen LogP contribution in [0, 0.1) is 14.5 Å². The lowest BCUT2D eigenvalue weighted by atomic mass is 10.1. The van der Waals surface area contributed by atoms with Crippen LogP contribution >= 0.6 is 46.2 Å². The third kappa shape index (κ3) is 1.83.